The SMILES string of the molecule is CCOC(=O)c1nnc(SCC2COC3(CCCC3)O2)o1. The zero-order valence-electron chi connectivity index (χ0n) is 11.9. The molecule has 1 aliphatic heterocycles. The van der Waals surface area contributed by atoms with Gasteiger partial charge in [-0.3, -0.25) is 0 Å². The molecule has 2 aliphatic rings. The number of carbonyl (C=O) groups excluding carboxylic acids is 1. The zero-order valence-corrected chi connectivity index (χ0v) is 12.7. The molecular weight excluding hydrogens is 296 g/mol. The third kappa shape index (κ3) is 3.38. The molecule has 0 aromatic carbocycles. The van der Waals surface area contributed by atoms with Crippen LogP contribution in [-0.2, 0) is 14.2 Å². The Morgan fingerprint density at radius 3 is 3.00 bits per heavy atom. The molecule has 1 aromatic rings. The van der Waals surface area contributed by atoms with E-state index in [1.54, 1.807) is 6.92 Å². The lowest BCUT2D eigenvalue weighted by atomic mass is 10.2. The Balaban J connectivity index is 1.48. The van der Waals surface area contributed by atoms with Crippen LogP contribution in [-0.4, -0.2) is 47.0 Å². The Kier molecular flexibility index (Phi) is 4.46. The second-order valence-electron chi connectivity index (χ2n) is 5.07. The van der Waals surface area contributed by atoms with Gasteiger partial charge in [-0.05, 0) is 19.8 Å². The summed E-state index contributed by atoms with van der Waals surface area (Å²) >= 11 is 1.36. The van der Waals surface area contributed by atoms with E-state index in [1.807, 2.05) is 0 Å². The minimum absolute atomic E-state index is 0.0195. The average molecular weight is 314 g/mol. The van der Waals surface area contributed by atoms with Crippen LogP contribution < -0.4 is 0 Å². The summed E-state index contributed by atoms with van der Waals surface area (Å²) in [5.74, 6) is -0.403. The second kappa shape index (κ2) is 6.33. The maximum Gasteiger partial charge on any atom is 0.396 e. The molecule has 2 fully saturated rings. The van der Waals surface area contributed by atoms with E-state index >= 15 is 0 Å². The molecule has 2 heterocycles. The van der Waals surface area contributed by atoms with Crippen molar-refractivity contribution in [1.82, 2.24) is 10.2 Å². The third-order valence-corrected chi connectivity index (χ3v) is 4.48. The van der Waals surface area contributed by atoms with Crippen molar-refractivity contribution in [3.8, 4) is 0 Å². The summed E-state index contributed by atoms with van der Waals surface area (Å²) < 4.78 is 21.8. The molecule has 116 valence electrons. The molecule has 0 N–H and O–H groups in total. The number of ether oxygens (including phenoxy) is 3. The van der Waals surface area contributed by atoms with E-state index in [4.69, 9.17) is 18.6 Å². The number of thioether (sulfide) groups is 1. The van der Waals surface area contributed by atoms with Crippen molar-refractivity contribution >= 4 is 17.7 Å². The van der Waals surface area contributed by atoms with Gasteiger partial charge < -0.3 is 18.6 Å². The van der Waals surface area contributed by atoms with Crippen LogP contribution in [0.4, 0.5) is 0 Å². The fourth-order valence-electron chi connectivity index (χ4n) is 2.58. The van der Waals surface area contributed by atoms with E-state index in [1.165, 1.54) is 11.8 Å². The Morgan fingerprint density at radius 2 is 2.24 bits per heavy atom. The minimum Gasteiger partial charge on any atom is -0.459 e. The highest BCUT2D eigenvalue weighted by Gasteiger charge is 2.43. The quantitative estimate of drug-likeness (QED) is 0.603. The predicted molar refractivity (Wildman–Crippen MR) is 73.0 cm³/mol. The van der Waals surface area contributed by atoms with Crippen LogP contribution in [0.2, 0.25) is 0 Å². The first kappa shape index (κ1) is 14.8. The summed E-state index contributed by atoms with van der Waals surface area (Å²) in [7, 11) is 0. The zero-order chi connectivity index (χ0) is 14.7. The highest BCUT2D eigenvalue weighted by Crippen LogP contribution is 2.40. The third-order valence-electron chi connectivity index (χ3n) is 3.53. The lowest BCUT2D eigenvalue weighted by Gasteiger charge is -2.21. The fraction of sp³-hybridized carbons (Fsp3) is 0.769. The summed E-state index contributed by atoms with van der Waals surface area (Å²) in [5, 5.41) is 7.83. The minimum atomic E-state index is -0.595. The van der Waals surface area contributed by atoms with Gasteiger partial charge in [-0.2, -0.15) is 0 Å². The molecule has 1 atom stereocenters. The first-order chi connectivity index (χ1) is 10.2. The molecule has 8 heteroatoms. The van der Waals surface area contributed by atoms with Gasteiger partial charge in [-0.15, -0.1) is 5.10 Å². The van der Waals surface area contributed by atoms with Gasteiger partial charge in [-0.25, -0.2) is 4.79 Å². The second-order valence-corrected chi connectivity index (χ2v) is 6.04. The van der Waals surface area contributed by atoms with E-state index in [-0.39, 0.29) is 24.4 Å². The molecule has 1 saturated carbocycles. The highest BCUT2D eigenvalue weighted by atomic mass is 32.2. The lowest BCUT2D eigenvalue weighted by Crippen LogP contribution is -2.27. The average Bonchev–Trinajstić information content (AvgIpc) is 3.20. The molecular formula is C13H18N2O5S. The summed E-state index contributed by atoms with van der Waals surface area (Å²) in [6.45, 7) is 2.59. The van der Waals surface area contributed by atoms with E-state index in [9.17, 15) is 4.79 Å². The first-order valence-corrected chi connectivity index (χ1v) is 8.14. The molecule has 1 unspecified atom stereocenters. The van der Waals surface area contributed by atoms with Gasteiger partial charge in [0, 0.05) is 18.6 Å². The maximum absolute atomic E-state index is 11.4. The van der Waals surface area contributed by atoms with Gasteiger partial charge in [0.05, 0.1) is 19.3 Å². The van der Waals surface area contributed by atoms with Crippen LogP contribution in [0, 0.1) is 0 Å². The van der Waals surface area contributed by atoms with E-state index in [2.05, 4.69) is 10.2 Å². The Labute approximate surface area is 126 Å². The molecule has 1 saturated heterocycles. The van der Waals surface area contributed by atoms with E-state index in [0.717, 1.165) is 25.7 Å². The van der Waals surface area contributed by atoms with Crippen LogP contribution in [0.15, 0.2) is 9.64 Å². The molecule has 1 aromatic heterocycles. The van der Waals surface area contributed by atoms with Crippen LogP contribution in [0.1, 0.15) is 43.3 Å². The Bertz CT molecular complexity index is 501. The van der Waals surface area contributed by atoms with Crippen molar-refractivity contribution in [3.63, 3.8) is 0 Å². The number of aromatic nitrogens is 2. The van der Waals surface area contributed by atoms with Crippen LogP contribution in [0.5, 0.6) is 0 Å². The number of nitrogens with zero attached hydrogens (tertiary/aromatic N) is 2. The standard InChI is InChI=1S/C13H18N2O5S/c1-2-17-11(16)10-14-15-12(19-10)21-8-9-7-18-13(20-9)5-3-4-6-13/h9H,2-8H2,1H3. The molecule has 0 amide bonds. The first-order valence-electron chi connectivity index (χ1n) is 7.16. The smallest absolute Gasteiger partial charge is 0.396 e. The number of esters is 1. The predicted octanol–water partition coefficient (Wildman–Crippen LogP) is 2.02. The van der Waals surface area contributed by atoms with E-state index < -0.39 is 5.97 Å². The molecule has 0 radical (unpaired) electrons. The van der Waals surface area contributed by atoms with Gasteiger partial charge in [0.15, 0.2) is 5.79 Å². The van der Waals surface area contributed by atoms with Crippen LogP contribution in [0.25, 0.3) is 0 Å². The maximum atomic E-state index is 11.4. The topological polar surface area (TPSA) is 83.7 Å². The van der Waals surface area contributed by atoms with E-state index in [0.29, 0.717) is 17.6 Å². The number of carbonyl (C=O) groups is 1. The van der Waals surface area contributed by atoms with Crippen molar-refractivity contribution in [2.75, 3.05) is 19.0 Å². The number of hydrogen-bond donors (Lipinski definition) is 0. The highest BCUT2D eigenvalue weighted by molar-refractivity contribution is 7.99. The summed E-state index contributed by atoms with van der Waals surface area (Å²) in [5.41, 5.74) is 0. The molecule has 21 heavy (non-hydrogen) atoms. The summed E-state index contributed by atoms with van der Waals surface area (Å²) in [6, 6.07) is 0. The molecule has 1 spiro atoms. The largest absolute Gasteiger partial charge is 0.459 e. The Morgan fingerprint density at radius 1 is 1.43 bits per heavy atom. The van der Waals surface area contributed by atoms with Gasteiger partial charge in [0.1, 0.15) is 0 Å². The van der Waals surface area contributed by atoms with Crippen molar-refractivity contribution < 1.29 is 23.4 Å². The van der Waals surface area contributed by atoms with Crippen molar-refractivity contribution in [2.24, 2.45) is 0 Å². The lowest BCUT2D eigenvalue weighted by molar-refractivity contribution is -0.159. The molecule has 3 rings (SSSR count). The Hall–Kier alpha value is -1.12. The number of hydrogen-bond acceptors (Lipinski definition) is 8. The van der Waals surface area contributed by atoms with Crippen molar-refractivity contribution in [3.05, 3.63) is 5.89 Å². The number of rotatable bonds is 5. The van der Waals surface area contributed by atoms with Crippen molar-refractivity contribution in [2.45, 2.75) is 49.7 Å². The summed E-state index contributed by atoms with van der Waals surface area (Å²) in [4.78, 5) is 11.4. The monoisotopic (exact) mass is 314 g/mol. The fourth-order valence-corrected chi connectivity index (χ4v) is 3.31. The van der Waals surface area contributed by atoms with Gasteiger partial charge in [0.25, 0.3) is 5.22 Å². The van der Waals surface area contributed by atoms with Crippen LogP contribution >= 0.6 is 11.8 Å². The van der Waals surface area contributed by atoms with Crippen LogP contribution in [0.3, 0.4) is 0 Å². The molecule has 7 nitrogen and oxygen atoms in total. The summed E-state index contributed by atoms with van der Waals surface area (Å²) in [6.07, 6.45) is 4.29. The van der Waals surface area contributed by atoms with Gasteiger partial charge in [0.2, 0.25) is 0 Å². The molecule has 0 bridgehead atoms. The van der Waals surface area contributed by atoms with Crippen molar-refractivity contribution in [1.29, 1.82) is 0 Å². The normalized spacial score (nSPS) is 23.8. The van der Waals surface area contributed by atoms with Gasteiger partial charge in [-0.1, -0.05) is 16.9 Å². The van der Waals surface area contributed by atoms with Gasteiger partial charge >= 0.3 is 11.9 Å². The molecule has 1 aliphatic carbocycles.